The van der Waals surface area contributed by atoms with E-state index in [1.54, 1.807) is 24.3 Å². The molecule has 0 aromatic heterocycles. The van der Waals surface area contributed by atoms with Crippen LogP contribution in [-0.4, -0.2) is 18.4 Å². The lowest BCUT2D eigenvalue weighted by Crippen LogP contribution is -2.31. The summed E-state index contributed by atoms with van der Waals surface area (Å²) in [7, 11) is 0. The first-order chi connectivity index (χ1) is 12.1. The molecule has 0 saturated carbocycles. The van der Waals surface area contributed by atoms with Crippen LogP contribution >= 0.6 is 0 Å². The minimum atomic E-state index is -0.545. The molecule has 1 aliphatic rings. The van der Waals surface area contributed by atoms with Crippen molar-refractivity contribution in [2.45, 2.75) is 25.8 Å². The first kappa shape index (κ1) is 17.0. The van der Waals surface area contributed by atoms with Crippen molar-refractivity contribution in [3.05, 3.63) is 65.2 Å². The second-order valence-electron chi connectivity index (χ2n) is 6.38. The fourth-order valence-electron chi connectivity index (χ4n) is 3.31. The molecule has 1 aliphatic carbocycles. The molecule has 0 spiro atoms. The molecule has 3 N–H and O–H groups in total. The van der Waals surface area contributed by atoms with E-state index in [0.717, 1.165) is 6.42 Å². The highest BCUT2D eigenvalue weighted by atomic mass is 16.5. The van der Waals surface area contributed by atoms with Gasteiger partial charge in [-0.15, -0.1) is 0 Å². The lowest BCUT2D eigenvalue weighted by molar-refractivity contribution is -0.122. The van der Waals surface area contributed by atoms with Crippen LogP contribution in [0.25, 0.3) is 0 Å². The number of ether oxygens (including phenoxy) is 1. The fourth-order valence-corrected chi connectivity index (χ4v) is 3.31. The SMILES string of the molecule is C[C@@H]1Cc2ccccc2[C@@H]1NC(=O)CCOc1ccccc1C(N)=O. The Kier molecular flexibility index (Phi) is 5.03. The Morgan fingerprint density at radius 3 is 2.68 bits per heavy atom. The van der Waals surface area contributed by atoms with Crippen LogP contribution in [0.5, 0.6) is 5.75 Å². The molecule has 0 saturated heterocycles. The van der Waals surface area contributed by atoms with Gasteiger partial charge in [0.2, 0.25) is 5.91 Å². The standard InChI is InChI=1S/C20H22N2O3/c1-13-12-14-6-2-3-7-15(14)19(13)22-18(23)10-11-25-17-9-5-4-8-16(17)20(21)24/h2-9,13,19H,10-12H2,1H3,(H2,21,24)(H,22,23)/t13-,19-/m1/s1. The zero-order valence-corrected chi connectivity index (χ0v) is 14.2. The maximum Gasteiger partial charge on any atom is 0.252 e. The van der Waals surface area contributed by atoms with Gasteiger partial charge in [0.25, 0.3) is 5.91 Å². The summed E-state index contributed by atoms with van der Waals surface area (Å²) in [5.74, 6) is 0.168. The van der Waals surface area contributed by atoms with Crippen LogP contribution in [0.3, 0.4) is 0 Å². The lowest BCUT2D eigenvalue weighted by atomic mass is 10.0. The van der Waals surface area contributed by atoms with E-state index in [1.165, 1.54) is 11.1 Å². The summed E-state index contributed by atoms with van der Waals surface area (Å²) in [5.41, 5.74) is 8.13. The van der Waals surface area contributed by atoms with Crippen LogP contribution in [0, 0.1) is 5.92 Å². The maximum atomic E-state index is 12.3. The van der Waals surface area contributed by atoms with E-state index < -0.39 is 5.91 Å². The molecule has 3 rings (SSSR count). The number of para-hydroxylation sites is 1. The fraction of sp³-hybridized carbons (Fsp3) is 0.300. The number of primary amides is 1. The summed E-state index contributed by atoms with van der Waals surface area (Å²) in [4.78, 5) is 23.6. The molecule has 0 fully saturated rings. The Bertz CT molecular complexity index is 788. The number of rotatable bonds is 6. The van der Waals surface area contributed by atoms with Crippen LogP contribution in [0.1, 0.15) is 40.9 Å². The molecule has 2 amide bonds. The third-order valence-electron chi connectivity index (χ3n) is 4.56. The average molecular weight is 338 g/mol. The van der Waals surface area contributed by atoms with Gasteiger partial charge in [-0.25, -0.2) is 0 Å². The maximum absolute atomic E-state index is 12.3. The van der Waals surface area contributed by atoms with Crippen LogP contribution < -0.4 is 15.8 Å². The number of nitrogens with one attached hydrogen (secondary N) is 1. The van der Waals surface area contributed by atoms with Crippen LogP contribution in [0.4, 0.5) is 0 Å². The van der Waals surface area contributed by atoms with E-state index in [1.807, 2.05) is 12.1 Å². The number of hydrogen-bond acceptors (Lipinski definition) is 3. The van der Waals surface area contributed by atoms with Gasteiger partial charge in [0, 0.05) is 0 Å². The first-order valence-corrected chi connectivity index (χ1v) is 8.45. The quantitative estimate of drug-likeness (QED) is 0.849. The molecule has 2 aromatic rings. The van der Waals surface area contributed by atoms with Gasteiger partial charge in [-0.1, -0.05) is 43.3 Å². The molecule has 2 aromatic carbocycles. The van der Waals surface area contributed by atoms with Crippen molar-refractivity contribution < 1.29 is 14.3 Å². The Hall–Kier alpha value is -2.82. The van der Waals surface area contributed by atoms with Crippen molar-refractivity contribution in [3.63, 3.8) is 0 Å². The van der Waals surface area contributed by atoms with Gasteiger partial charge in [-0.2, -0.15) is 0 Å². The van der Waals surface area contributed by atoms with Crippen molar-refractivity contribution in [1.82, 2.24) is 5.32 Å². The van der Waals surface area contributed by atoms with Gasteiger partial charge in [0.1, 0.15) is 5.75 Å². The zero-order valence-electron chi connectivity index (χ0n) is 14.2. The first-order valence-electron chi connectivity index (χ1n) is 8.45. The van der Waals surface area contributed by atoms with E-state index in [0.29, 0.717) is 17.2 Å². The van der Waals surface area contributed by atoms with Gasteiger partial charge in [0.05, 0.1) is 24.6 Å². The third-order valence-corrected chi connectivity index (χ3v) is 4.56. The Morgan fingerprint density at radius 1 is 1.16 bits per heavy atom. The van der Waals surface area contributed by atoms with Gasteiger partial charge in [-0.3, -0.25) is 9.59 Å². The topological polar surface area (TPSA) is 81.4 Å². The molecule has 130 valence electrons. The molecule has 0 bridgehead atoms. The molecule has 2 atom stereocenters. The smallest absolute Gasteiger partial charge is 0.252 e. The Morgan fingerprint density at radius 2 is 1.88 bits per heavy atom. The van der Waals surface area contributed by atoms with E-state index in [2.05, 4.69) is 24.4 Å². The molecular weight excluding hydrogens is 316 g/mol. The molecular formula is C20H22N2O3. The highest BCUT2D eigenvalue weighted by Crippen LogP contribution is 2.35. The number of nitrogens with two attached hydrogens (primary N) is 1. The van der Waals surface area contributed by atoms with Crippen LogP contribution in [0.15, 0.2) is 48.5 Å². The summed E-state index contributed by atoms with van der Waals surface area (Å²) < 4.78 is 5.57. The lowest BCUT2D eigenvalue weighted by Gasteiger charge is -2.19. The Balaban J connectivity index is 1.55. The second kappa shape index (κ2) is 7.38. The van der Waals surface area contributed by atoms with Crippen LogP contribution in [0.2, 0.25) is 0 Å². The van der Waals surface area contributed by atoms with Crippen molar-refractivity contribution in [1.29, 1.82) is 0 Å². The van der Waals surface area contributed by atoms with Crippen molar-refractivity contribution in [2.75, 3.05) is 6.61 Å². The molecule has 0 aliphatic heterocycles. The number of carbonyl (C=O) groups is 2. The van der Waals surface area contributed by atoms with Crippen molar-refractivity contribution >= 4 is 11.8 Å². The van der Waals surface area contributed by atoms with E-state index in [9.17, 15) is 9.59 Å². The van der Waals surface area contributed by atoms with E-state index in [-0.39, 0.29) is 25.0 Å². The minimum Gasteiger partial charge on any atom is -0.492 e. The van der Waals surface area contributed by atoms with E-state index >= 15 is 0 Å². The largest absolute Gasteiger partial charge is 0.492 e. The monoisotopic (exact) mass is 338 g/mol. The summed E-state index contributed by atoms with van der Waals surface area (Å²) in [5, 5.41) is 3.10. The molecule has 5 nitrogen and oxygen atoms in total. The molecule has 0 heterocycles. The summed E-state index contributed by atoms with van der Waals surface area (Å²) in [6, 6.07) is 15.0. The molecule has 5 heteroatoms. The van der Waals surface area contributed by atoms with E-state index in [4.69, 9.17) is 10.5 Å². The number of carbonyl (C=O) groups excluding carboxylic acids is 2. The Labute approximate surface area is 147 Å². The summed E-state index contributed by atoms with van der Waals surface area (Å²) >= 11 is 0. The predicted molar refractivity (Wildman–Crippen MR) is 95.3 cm³/mol. The van der Waals surface area contributed by atoms with Gasteiger partial charge < -0.3 is 15.8 Å². The van der Waals surface area contributed by atoms with Crippen LogP contribution in [-0.2, 0) is 11.2 Å². The number of fused-ring (bicyclic) bond motifs is 1. The number of benzene rings is 2. The number of hydrogen-bond donors (Lipinski definition) is 2. The van der Waals surface area contributed by atoms with Crippen molar-refractivity contribution in [3.8, 4) is 5.75 Å². The predicted octanol–water partition coefficient (Wildman–Crippen LogP) is 2.60. The van der Waals surface area contributed by atoms with Gasteiger partial charge in [0.15, 0.2) is 0 Å². The van der Waals surface area contributed by atoms with Gasteiger partial charge in [-0.05, 0) is 35.6 Å². The van der Waals surface area contributed by atoms with Crippen molar-refractivity contribution in [2.24, 2.45) is 11.7 Å². The summed E-state index contributed by atoms with van der Waals surface area (Å²) in [6.07, 6.45) is 1.20. The molecule has 25 heavy (non-hydrogen) atoms. The third kappa shape index (κ3) is 3.82. The normalized spacial score (nSPS) is 18.4. The molecule has 0 radical (unpaired) electrons. The molecule has 0 unspecified atom stereocenters. The van der Waals surface area contributed by atoms with Gasteiger partial charge >= 0.3 is 0 Å². The zero-order chi connectivity index (χ0) is 17.8. The average Bonchev–Trinajstić information content (AvgIpc) is 2.91. The highest BCUT2D eigenvalue weighted by molar-refractivity contribution is 5.95. The summed E-state index contributed by atoms with van der Waals surface area (Å²) in [6.45, 7) is 2.34. The number of amides is 2. The highest BCUT2D eigenvalue weighted by Gasteiger charge is 2.29. The minimum absolute atomic E-state index is 0.0432. The second-order valence-corrected chi connectivity index (χ2v) is 6.38.